The maximum atomic E-state index is 10.4. The summed E-state index contributed by atoms with van der Waals surface area (Å²) in [5.41, 5.74) is 0. The molecule has 0 rings (SSSR count). The highest BCUT2D eigenvalue weighted by atomic mass is 16.5. The van der Waals surface area contributed by atoms with E-state index in [1.807, 2.05) is 39.8 Å². The largest absolute Gasteiger partial charge is 0.466 e. The molecule has 0 amide bonds. The normalized spacial score (nSPS) is 10.4. The average Bonchev–Trinajstić information content (AvgIpc) is 2.23. The van der Waals surface area contributed by atoms with Crippen molar-refractivity contribution in [2.45, 2.75) is 27.7 Å². The van der Waals surface area contributed by atoms with Gasteiger partial charge in [-0.2, -0.15) is 5.26 Å². The lowest BCUT2D eigenvalue weighted by Crippen LogP contribution is -1.94. The molecule has 3 heteroatoms. The molecule has 0 aliphatic rings. The summed E-state index contributed by atoms with van der Waals surface area (Å²) in [6.07, 6.45) is 6.60. The van der Waals surface area contributed by atoms with Gasteiger partial charge in [-0.25, -0.2) is 4.79 Å². The van der Waals surface area contributed by atoms with Crippen molar-refractivity contribution in [1.82, 2.24) is 0 Å². The number of carbonyl (C=O) groups excluding carboxylic acids is 1. The van der Waals surface area contributed by atoms with E-state index in [2.05, 4.69) is 4.74 Å². The first-order chi connectivity index (χ1) is 7.43. The van der Waals surface area contributed by atoms with Crippen LogP contribution in [0.15, 0.2) is 24.3 Å². The second-order valence-electron chi connectivity index (χ2n) is 3.86. The number of hydrogen-bond donors (Lipinski definition) is 0. The van der Waals surface area contributed by atoms with E-state index in [1.54, 1.807) is 6.08 Å². The van der Waals surface area contributed by atoms with E-state index in [9.17, 15) is 4.79 Å². The maximum Gasteiger partial charge on any atom is 0.330 e. The standard InChI is InChI=1S/C7H12O2.C6H9N/c1-6(2)4-5-7(8)9-3;1-6(2)4-3-5-7/h4-6H,1-3H3;3-4,6H,1-2H3/b5-4+;4-3+. The third-order valence-corrected chi connectivity index (χ3v) is 1.37. The van der Waals surface area contributed by atoms with Gasteiger partial charge in [0, 0.05) is 12.2 Å². The zero-order valence-electron chi connectivity index (χ0n) is 10.7. The van der Waals surface area contributed by atoms with Crippen LogP contribution in [0, 0.1) is 23.2 Å². The molecule has 0 aromatic carbocycles. The molecule has 0 N–H and O–H groups in total. The molecule has 0 saturated heterocycles. The van der Waals surface area contributed by atoms with E-state index in [1.165, 1.54) is 19.3 Å². The molecule has 0 heterocycles. The Morgan fingerprint density at radius 3 is 1.94 bits per heavy atom. The molecule has 0 aliphatic heterocycles. The highest BCUT2D eigenvalue weighted by molar-refractivity contribution is 5.81. The van der Waals surface area contributed by atoms with Gasteiger partial charge in [0.05, 0.1) is 13.2 Å². The number of rotatable bonds is 3. The van der Waals surface area contributed by atoms with Crippen LogP contribution in [0.1, 0.15) is 27.7 Å². The van der Waals surface area contributed by atoms with E-state index in [0.717, 1.165) is 0 Å². The van der Waals surface area contributed by atoms with Gasteiger partial charge in [-0.05, 0) is 11.8 Å². The van der Waals surface area contributed by atoms with Gasteiger partial charge in [0.2, 0.25) is 0 Å². The van der Waals surface area contributed by atoms with Crippen LogP contribution in [-0.4, -0.2) is 13.1 Å². The first-order valence-corrected chi connectivity index (χ1v) is 5.26. The molecule has 0 saturated carbocycles. The number of nitrogens with zero attached hydrogens (tertiary/aromatic N) is 1. The van der Waals surface area contributed by atoms with Crippen molar-refractivity contribution in [3.63, 3.8) is 0 Å². The fraction of sp³-hybridized carbons (Fsp3) is 0.538. The molecular formula is C13H21NO2. The summed E-state index contributed by atoms with van der Waals surface area (Å²) < 4.78 is 4.37. The molecule has 0 aromatic rings. The Kier molecular flexibility index (Phi) is 12.1. The molecule has 16 heavy (non-hydrogen) atoms. The SMILES string of the molecule is CC(C)/C=C/C#N.COC(=O)/C=C/C(C)C. The van der Waals surface area contributed by atoms with Crippen LogP contribution in [0.2, 0.25) is 0 Å². The van der Waals surface area contributed by atoms with Crippen LogP contribution in [0.4, 0.5) is 0 Å². The zero-order valence-corrected chi connectivity index (χ0v) is 10.7. The van der Waals surface area contributed by atoms with E-state index in [0.29, 0.717) is 11.8 Å². The van der Waals surface area contributed by atoms with E-state index in [4.69, 9.17) is 5.26 Å². The van der Waals surface area contributed by atoms with Crippen molar-refractivity contribution in [2.24, 2.45) is 11.8 Å². The second-order valence-corrected chi connectivity index (χ2v) is 3.86. The topological polar surface area (TPSA) is 50.1 Å². The number of hydrogen-bond acceptors (Lipinski definition) is 3. The van der Waals surface area contributed by atoms with Gasteiger partial charge in [-0.15, -0.1) is 0 Å². The molecule has 0 fully saturated rings. The van der Waals surface area contributed by atoms with Gasteiger partial charge in [-0.1, -0.05) is 39.8 Å². The van der Waals surface area contributed by atoms with Crippen LogP contribution in [0.5, 0.6) is 0 Å². The monoisotopic (exact) mass is 223 g/mol. The van der Waals surface area contributed by atoms with Crippen LogP contribution < -0.4 is 0 Å². The molecular weight excluding hydrogens is 202 g/mol. The van der Waals surface area contributed by atoms with Crippen LogP contribution in [0.25, 0.3) is 0 Å². The fourth-order valence-electron chi connectivity index (χ4n) is 0.575. The highest BCUT2D eigenvalue weighted by Crippen LogP contribution is 1.93. The Balaban J connectivity index is 0. The third-order valence-electron chi connectivity index (χ3n) is 1.37. The number of nitriles is 1. The molecule has 0 aromatic heterocycles. The smallest absolute Gasteiger partial charge is 0.330 e. The van der Waals surface area contributed by atoms with Gasteiger partial charge < -0.3 is 4.74 Å². The lowest BCUT2D eigenvalue weighted by atomic mass is 10.2. The minimum absolute atomic E-state index is 0.288. The maximum absolute atomic E-state index is 10.4. The third kappa shape index (κ3) is 18.3. The first kappa shape index (κ1) is 16.9. The Morgan fingerprint density at radius 1 is 1.19 bits per heavy atom. The lowest BCUT2D eigenvalue weighted by Gasteiger charge is -1.92. The van der Waals surface area contributed by atoms with Gasteiger partial charge in [0.15, 0.2) is 0 Å². The number of allylic oxidation sites excluding steroid dienone is 3. The summed E-state index contributed by atoms with van der Waals surface area (Å²) in [6, 6.07) is 1.92. The fourth-order valence-corrected chi connectivity index (χ4v) is 0.575. The molecule has 0 spiro atoms. The minimum atomic E-state index is -0.288. The summed E-state index contributed by atoms with van der Waals surface area (Å²) in [4.78, 5) is 10.4. The van der Waals surface area contributed by atoms with Crippen LogP contribution in [-0.2, 0) is 9.53 Å². The summed E-state index contributed by atoms with van der Waals surface area (Å²) in [5, 5.41) is 7.98. The number of carbonyl (C=O) groups is 1. The van der Waals surface area contributed by atoms with E-state index in [-0.39, 0.29) is 5.97 Å². The predicted octanol–water partition coefficient (Wildman–Crippen LogP) is 3.09. The summed E-state index contributed by atoms with van der Waals surface area (Å²) in [5.74, 6) is 0.618. The second kappa shape index (κ2) is 11.5. The average molecular weight is 223 g/mol. The molecule has 0 bridgehead atoms. The minimum Gasteiger partial charge on any atom is -0.466 e. The van der Waals surface area contributed by atoms with Crippen LogP contribution in [0.3, 0.4) is 0 Å². The number of ether oxygens (including phenoxy) is 1. The van der Waals surface area contributed by atoms with Gasteiger partial charge in [0.1, 0.15) is 0 Å². The summed E-state index contributed by atoms with van der Waals surface area (Å²) in [6.45, 7) is 8.07. The van der Waals surface area contributed by atoms with Crippen molar-refractivity contribution >= 4 is 5.97 Å². The zero-order chi connectivity index (χ0) is 13.0. The highest BCUT2D eigenvalue weighted by Gasteiger charge is 1.90. The van der Waals surface area contributed by atoms with Crippen molar-refractivity contribution < 1.29 is 9.53 Å². The summed E-state index contributed by atoms with van der Waals surface area (Å²) in [7, 11) is 1.37. The molecule has 0 unspecified atom stereocenters. The van der Waals surface area contributed by atoms with Gasteiger partial charge >= 0.3 is 5.97 Å². The molecule has 0 aliphatic carbocycles. The van der Waals surface area contributed by atoms with Gasteiger partial charge in [-0.3, -0.25) is 0 Å². The van der Waals surface area contributed by atoms with Crippen LogP contribution >= 0.6 is 0 Å². The summed E-state index contributed by atoms with van der Waals surface area (Å²) >= 11 is 0. The molecule has 90 valence electrons. The Bertz CT molecular complexity index is 270. The Labute approximate surface area is 98.4 Å². The van der Waals surface area contributed by atoms with Crippen molar-refractivity contribution in [2.75, 3.05) is 7.11 Å². The number of esters is 1. The van der Waals surface area contributed by atoms with Crippen molar-refractivity contribution in [1.29, 1.82) is 5.26 Å². The molecule has 3 nitrogen and oxygen atoms in total. The molecule has 0 atom stereocenters. The quantitative estimate of drug-likeness (QED) is 0.419. The van der Waals surface area contributed by atoms with Crippen molar-refractivity contribution in [3.8, 4) is 6.07 Å². The first-order valence-electron chi connectivity index (χ1n) is 5.26. The van der Waals surface area contributed by atoms with E-state index < -0.39 is 0 Å². The van der Waals surface area contributed by atoms with Crippen molar-refractivity contribution in [3.05, 3.63) is 24.3 Å². The Hall–Kier alpha value is -1.56. The van der Waals surface area contributed by atoms with Gasteiger partial charge in [0.25, 0.3) is 0 Å². The molecule has 0 radical (unpaired) electrons. The predicted molar refractivity (Wildman–Crippen MR) is 65.6 cm³/mol. The Morgan fingerprint density at radius 2 is 1.69 bits per heavy atom. The van der Waals surface area contributed by atoms with E-state index >= 15 is 0 Å². The lowest BCUT2D eigenvalue weighted by molar-refractivity contribution is -0.134. The number of methoxy groups -OCH3 is 1.